The van der Waals surface area contributed by atoms with E-state index in [1.165, 1.54) is 11.3 Å². The quantitative estimate of drug-likeness (QED) is 0.688. The van der Waals surface area contributed by atoms with E-state index in [9.17, 15) is 4.79 Å². The number of esters is 1. The van der Waals surface area contributed by atoms with Gasteiger partial charge in [0.05, 0.1) is 11.2 Å². The zero-order chi connectivity index (χ0) is 15.5. The van der Waals surface area contributed by atoms with Crippen LogP contribution < -0.4 is 0 Å². The van der Waals surface area contributed by atoms with E-state index in [2.05, 4.69) is 15.1 Å². The van der Waals surface area contributed by atoms with Crippen molar-refractivity contribution in [3.05, 3.63) is 63.7 Å². The Morgan fingerprint density at radius 2 is 2.05 bits per heavy atom. The number of benzene rings is 1. The summed E-state index contributed by atoms with van der Waals surface area (Å²) in [5, 5.41) is 3.76. The zero-order valence-electron chi connectivity index (χ0n) is 12.0. The van der Waals surface area contributed by atoms with E-state index >= 15 is 0 Å². The topological polar surface area (TPSA) is 78.1 Å². The summed E-state index contributed by atoms with van der Waals surface area (Å²) in [4.78, 5) is 21.1. The summed E-state index contributed by atoms with van der Waals surface area (Å²) in [6.07, 6.45) is -0.739. The van der Waals surface area contributed by atoms with Crippen molar-refractivity contribution in [2.45, 2.75) is 20.0 Å². The molecule has 0 amide bonds. The van der Waals surface area contributed by atoms with Crippen LogP contribution in [0.3, 0.4) is 0 Å². The van der Waals surface area contributed by atoms with Gasteiger partial charge in [0, 0.05) is 5.56 Å². The van der Waals surface area contributed by atoms with E-state index in [-0.39, 0.29) is 5.89 Å². The molecule has 0 aliphatic heterocycles. The predicted molar refractivity (Wildman–Crippen MR) is 79.6 cm³/mol. The van der Waals surface area contributed by atoms with Crippen LogP contribution in [0.2, 0.25) is 0 Å². The van der Waals surface area contributed by atoms with Gasteiger partial charge >= 0.3 is 5.97 Å². The molecule has 0 aliphatic carbocycles. The van der Waals surface area contributed by atoms with Gasteiger partial charge in [0.15, 0.2) is 5.82 Å². The SMILES string of the molecule is Cc1noc([C@H](OC(=O)c2scnc2C)c2ccccc2)n1. The highest BCUT2D eigenvalue weighted by Crippen LogP contribution is 2.27. The molecule has 0 unspecified atom stereocenters. The Kier molecular flexibility index (Phi) is 3.97. The van der Waals surface area contributed by atoms with Crippen LogP contribution in [-0.2, 0) is 4.74 Å². The van der Waals surface area contributed by atoms with Crippen LogP contribution in [0.15, 0.2) is 40.4 Å². The van der Waals surface area contributed by atoms with Crippen LogP contribution in [0.4, 0.5) is 0 Å². The number of carbonyl (C=O) groups excluding carboxylic acids is 1. The van der Waals surface area contributed by atoms with Crippen LogP contribution >= 0.6 is 11.3 Å². The first-order chi connectivity index (χ1) is 10.6. The second-order valence-corrected chi connectivity index (χ2v) is 5.50. The number of hydrogen-bond acceptors (Lipinski definition) is 7. The van der Waals surface area contributed by atoms with E-state index < -0.39 is 12.1 Å². The van der Waals surface area contributed by atoms with Crippen LogP contribution in [-0.4, -0.2) is 21.1 Å². The molecule has 6 nitrogen and oxygen atoms in total. The first kappa shape index (κ1) is 14.4. The van der Waals surface area contributed by atoms with E-state index in [1.54, 1.807) is 19.4 Å². The lowest BCUT2D eigenvalue weighted by atomic mass is 10.1. The fourth-order valence-electron chi connectivity index (χ4n) is 1.97. The number of nitrogens with zero attached hydrogens (tertiary/aromatic N) is 3. The van der Waals surface area contributed by atoms with Crippen LogP contribution in [0.25, 0.3) is 0 Å². The largest absolute Gasteiger partial charge is 0.443 e. The van der Waals surface area contributed by atoms with Gasteiger partial charge in [-0.15, -0.1) is 11.3 Å². The normalized spacial score (nSPS) is 12.1. The standard InChI is InChI=1S/C15H13N3O3S/c1-9-13(22-8-16-9)15(19)20-12(11-6-4-3-5-7-11)14-17-10(2)18-21-14/h3-8,12H,1-2H3/t12-/m1/s1. The van der Waals surface area contributed by atoms with Crippen LogP contribution in [0, 0.1) is 13.8 Å². The molecule has 0 saturated heterocycles. The van der Waals surface area contributed by atoms with E-state index in [0.717, 1.165) is 5.56 Å². The number of rotatable bonds is 4. The van der Waals surface area contributed by atoms with E-state index in [4.69, 9.17) is 9.26 Å². The van der Waals surface area contributed by atoms with E-state index in [0.29, 0.717) is 16.4 Å². The van der Waals surface area contributed by atoms with E-state index in [1.807, 2.05) is 30.3 Å². The van der Waals surface area contributed by atoms with Crippen molar-refractivity contribution in [2.24, 2.45) is 0 Å². The minimum Gasteiger partial charge on any atom is -0.443 e. The Morgan fingerprint density at radius 3 is 2.64 bits per heavy atom. The third kappa shape index (κ3) is 2.89. The van der Waals surface area contributed by atoms with Gasteiger partial charge in [-0.3, -0.25) is 0 Å². The molecule has 2 aromatic heterocycles. The Hall–Kier alpha value is -2.54. The van der Waals surface area contributed by atoms with Gasteiger partial charge in [-0.2, -0.15) is 4.98 Å². The number of ether oxygens (including phenoxy) is 1. The Bertz CT molecular complexity index is 782. The molecule has 0 aliphatic rings. The molecule has 1 aromatic carbocycles. The summed E-state index contributed by atoms with van der Waals surface area (Å²) in [5.74, 6) is 0.282. The predicted octanol–water partition coefficient (Wildman–Crippen LogP) is 3.09. The maximum absolute atomic E-state index is 12.3. The zero-order valence-corrected chi connectivity index (χ0v) is 12.8. The van der Waals surface area contributed by atoms with Crippen molar-refractivity contribution < 1.29 is 14.1 Å². The summed E-state index contributed by atoms with van der Waals surface area (Å²) in [7, 11) is 0. The molecular weight excluding hydrogens is 302 g/mol. The Labute approximate surface area is 130 Å². The van der Waals surface area contributed by atoms with Gasteiger partial charge in [0.2, 0.25) is 6.10 Å². The summed E-state index contributed by atoms with van der Waals surface area (Å²) < 4.78 is 10.8. The average molecular weight is 315 g/mol. The average Bonchev–Trinajstić information content (AvgIpc) is 3.14. The van der Waals surface area contributed by atoms with Crippen molar-refractivity contribution in [1.29, 1.82) is 0 Å². The van der Waals surface area contributed by atoms with Gasteiger partial charge < -0.3 is 9.26 Å². The molecule has 0 bridgehead atoms. The first-order valence-corrected chi connectivity index (χ1v) is 7.49. The fraction of sp³-hybridized carbons (Fsp3) is 0.200. The maximum Gasteiger partial charge on any atom is 0.351 e. The van der Waals surface area contributed by atoms with Crippen LogP contribution in [0.5, 0.6) is 0 Å². The highest BCUT2D eigenvalue weighted by Gasteiger charge is 2.26. The molecule has 0 saturated carbocycles. The van der Waals surface area contributed by atoms with Gasteiger partial charge in [-0.05, 0) is 13.8 Å². The Morgan fingerprint density at radius 1 is 1.27 bits per heavy atom. The van der Waals surface area contributed by atoms with Crippen molar-refractivity contribution in [3.8, 4) is 0 Å². The number of aromatic nitrogens is 3. The highest BCUT2D eigenvalue weighted by atomic mass is 32.1. The lowest BCUT2D eigenvalue weighted by Crippen LogP contribution is -2.13. The molecule has 0 spiro atoms. The number of aryl methyl sites for hydroxylation is 2. The molecular formula is C15H13N3O3S. The first-order valence-electron chi connectivity index (χ1n) is 6.61. The molecule has 2 heterocycles. The summed E-state index contributed by atoms with van der Waals surface area (Å²) in [5.41, 5.74) is 3.02. The van der Waals surface area contributed by atoms with Gasteiger partial charge in [0.1, 0.15) is 4.88 Å². The Balaban J connectivity index is 1.93. The smallest absolute Gasteiger partial charge is 0.351 e. The summed E-state index contributed by atoms with van der Waals surface area (Å²) in [6.45, 7) is 3.48. The number of carbonyl (C=O) groups is 1. The third-order valence-electron chi connectivity index (χ3n) is 3.03. The maximum atomic E-state index is 12.3. The molecule has 1 atom stereocenters. The van der Waals surface area contributed by atoms with Gasteiger partial charge in [-0.1, -0.05) is 35.5 Å². The molecule has 22 heavy (non-hydrogen) atoms. The molecule has 3 rings (SSSR count). The summed E-state index contributed by atoms with van der Waals surface area (Å²) in [6, 6.07) is 9.29. The van der Waals surface area contributed by atoms with Crippen molar-refractivity contribution in [3.63, 3.8) is 0 Å². The second-order valence-electron chi connectivity index (χ2n) is 4.64. The lowest BCUT2D eigenvalue weighted by molar-refractivity contribution is 0.0319. The summed E-state index contributed by atoms with van der Waals surface area (Å²) >= 11 is 1.24. The third-order valence-corrected chi connectivity index (χ3v) is 3.93. The van der Waals surface area contributed by atoms with Gasteiger partial charge in [-0.25, -0.2) is 9.78 Å². The van der Waals surface area contributed by atoms with Crippen LogP contribution in [0.1, 0.15) is 38.7 Å². The van der Waals surface area contributed by atoms with Gasteiger partial charge in [0.25, 0.3) is 5.89 Å². The monoisotopic (exact) mass is 315 g/mol. The highest BCUT2D eigenvalue weighted by molar-refractivity contribution is 7.11. The fourth-order valence-corrected chi connectivity index (χ4v) is 2.65. The molecule has 0 N–H and O–H groups in total. The molecule has 0 fully saturated rings. The number of thiazole rings is 1. The lowest BCUT2D eigenvalue weighted by Gasteiger charge is -2.14. The van der Waals surface area contributed by atoms with Crippen molar-refractivity contribution >= 4 is 17.3 Å². The molecule has 3 aromatic rings. The number of hydrogen-bond donors (Lipinski definition) is 0. The molecule has 112 valence electrons. The molecule has 7 heteroatoms. The van der Waals surface area contributed by atoms with Crippen molar-refractivity contribution in [2.75, 3.05) is 0 Å². The molecule has 0 radical (unpaired) electrons. The minimum atomic E-state index is -0.739. The van der Waals surface area contributed by atoms with Crippen molar-refractivity contribution in [1.82, 2.24) is 15.1 Å². The second kappa shape index (κ2) is 6.07. The minimum absolute atomic E-state index is 0.249.